The fraction of sp³-hybridized carbons (Fsp3) is 0.636. The van der Waals surface area contributed by atoms with Gasteiger partial charge in [0.25, 0.3) is 0 Å². The zero-order valence-electron chi connectivity index (χ0n) is 8.96. The fourth-order valence-corrected chi connectivity index (χ4v) is 2.44. The first-order valence-corrected chi connectivity index (χ1v) is 6.29. The molecule has 82 valence electrons. The highest BCUT2D eigenvalue weighted by atomic mass is 79.9. The molecule has 1 aromatic heterocycles. The van der Waals surface area contributed by atoms with Crippen LogP contribution >= 0.6 is 15.9 Å². The van der Waals surface area contributed by atoms with E-state index in [1.165, 1.54) is 25.7 Å². The van der Waals surface area contributed by atoms with Gasteiger partial charge in [-0.3, -0.25) is 0 Å². The van der Waals surface area contributed by atoms with E-state index in [1.807, 2.05) is 0 Å². The Morgan fingerprint density at radius 1 is 1.33 bits per heavy atom. The predicted octanol–water partition coefficient (Wildman–Crippen LogP) is 3.37. The van der Waals surface area contributed by atoms with E-state index in [0.29, 0.717) is 0 Å². The van der Waals surface area contributed by atoms with Crippen molar-refractivity contribution in [3.8, 4) is 0 Å². The summed E-state index contributed by atoms with van der Waals surface area (Å²) in [5, 5.41) is 3.49. The van der Waals surface area contributed by atoms with Crippen LogP contribution in [0, 0.1) is 0 Å². The Balaban J connectivity index is 2.09. The molecule has 3 nitrogen and oxygen atoms in total. The summed E-state index contributed by atoms with van der Waals surface area (Å²) >= 11 is 3.34. The van der Waals surface area contributed by atoms with Crippen molar-refractivity contribution in [3.05, 3.63) is 16.9 Å². The standard InChI is InChI=1S/C11H16BrN3/c1-2-11(5-3-4-6-11)15-10-13-7-9(12)8-14-10/h7-8H,2-6H2,1H3,(H,13,14,15). The van der Waals surface area contributed by atoms with Crippen LogP contribution in [0.15, 0.2) is 16.9 Å². The molecule has 0 spiro atoms. The maximum atomic E-state index is 4.27. The summed E-state index contributed by atoms with van der Waals surface area (Å²) in [6, 6.07) is 0. The van der Waals surface area contributed by atoms with Gasteiger partial charge in [-0.2, -0.15) is 0 Å². The molecule has 1 aliphatic carbocycles. The van der Waals surface area contributed by atoms with Gasteiger partial charge in [0.2, 0.25) is 5.95 Å². The van der Waals surface area contributed by atoms with Crippen molar-refractivity contribution in [1.29, 1.82) is 0 Å². The lowest BCUT2D eigenvalue weighted by Crippen LogP contribution is -2.34. The molecule has 0 unspecified atom stereocenters. The van der Waals surface area contributed by atoms with Crippen LogP contribution in [0.25, 0.3) is 0 Å². The van der Waals surface area contributed by atoms with E-state index >= 15 is 0 Å². The molecule has 0 atom stereocenters. The molecule has 0 radical (unpaired) electrons. The van der Waals surface area contributed by atoms with Crippen LogP contribution in [0.5, 0.6) is 0 Å². The normalized spacial score (nSPS) is 19.1. The molecule has 1 saturated carbocycles. The Labute approximate surface area is 98.8 Å². The number of anilines is 1. The van der Waals surface area contributed by atoms with Crippen LogP contribution < -0.4 is 5.32 Å². The molecule has 1 N–H and O–H groups in total. The van der Waals surface area contributed by atoms with Gasteiger partial charge in [0.05, 0.1) is 4.47 Å². The summed E-state index contributed by atoms with van der Waals surface area (Å²) in [5.41, 5.74) is 0.244. The molecule has 0 aromatic carbocycles. The lowest BCUT2D eigenvalue weighted by atomic mass is 9.94. The van der Waals surface area contributed by atoms with E-state index in [4.69, 9.17) is 0 Å². The molecule has 4 heteroatoms. The summed E-state index contributed by atoms with van der Waals surface area (Å²) in [6.45, 7) is 2.23. The monoisotopic (exact) mass is 269 g/mol. The zero-order valence-corrected chi connectivity index (χ0v) is 10.5. The number of hydrogen-bond donors (Lipinski definition) is 1. The molecule has 1 aromatic rings. The van der Waals surface area contributed by atoms with Crippen molar-refractivity contribution in [2.24, 2.45) is 0 Å². The first-order chi connectivity index (χ1) is 7.24. The van der Waals surface area contributed by atoms with Crippen LogP contribution in [-0.2, 0) is 0 Å². The average molecular weight is 270 g/mol. The van der Waals surface area contributed by atoms with Crippen molar-refractivity contribution in [2.75, 3.05) is 5.32 Å². The molecule has 1 aliphatic rings. The number of aromatic nitrogens is 2. The lowest BCUT2D eigenvalue weighted by molar-refractivity contribution is 0.461. The van der Waals surface area contributed by atoms with E-state index in [0.717, 1.165) is 16.8 Å². The molecule has 0 bridgehead atoms. The maximum absolute atomic E-state index is 4.27. The largest absolute Gasteiger partial charge is 0.349 e. The van der Waals surface area contributed by atoms with Gasteiger partial charge in [0.1, 0.15) is 0 Å². The Bertz CT molecular complexity index is 317. The van der Waals surface area contributed by atoms with E-state index in [9.17, 15) is 0 Å². The second kappa shape index (κ2) is 4.47. The molecule has 2 rings (SSSR count). The SMILES string of the molecule is CCC1(Nc2ncc(Br)cn2)CCCC1. The first kappa shape index (κ1) is 10.9. The number of halogens is 1. The van der Waals surface area contributed by atoms with Crippen molar-refractivity contribution in [2.45, 2.75) is 44.6 Å². The van der Waals surface area contributed by atoms with Crippen molar-refractivity contribution < 1.29 is 0 Å². The minimum Gasteiger partial charge on any atom is -0.349 e. The number of hydrogen-bond acceptors (Lipinski definition) is 3. The van der Waals surface area contributed by atoms with Crippen molar-refractivity contribution in [3.63, 3.8) is 0 Å². The topological polar surface area (TPSA) is 37.8 Å². The van der Waals surface area contributed by atoms with E-state index < -0.39 is 0 Å². The number of rotatable bonds is 3. The van der Waals surface area contributed by atoms with Gasteiger partial charge >= 0.3 is 0 Å². The Morgan fingerprint density at radius 2 is 1.93 bits per heavy atom. The lowest BCUT2D eigenvalue weighted by Gasteiger charge is -2.28. The summed E-state index contributed by atoms with van der Waals surface area (Å²) in [5.74, 6) is 0.752. The number of nitrogens with one attached hydrogen (secondary N) is 1. The van der Waals surface area contributed by atoms with Crippen LogP contribution in [0.2, 0.25) is 0 Å². The molecule has 0 saturated heterocycles. The molecule has 0 amide bonds. The van der Waals surface area contributed by atoms with E-state index in [1.54, 1.807) is 12.4 Å². The van der Waals surface area contributed by atoms with Gasteiger partial charge < -0.3 is 5.32 Å². The van der Waals surface area contributed by atoms with Crippen LogP contribution in [0.4, 0.5) is 5.95 Å². The maximum Gasteiger partial charge on any atom is 0.223 e. The van der Waals surface area contributed by atoms with Crippen LogP contribution in [0.3, 0.4) is 0 Å². The fourth-order valence-electron chi connectivity index (χ4n) is 2.23. The summed E-state index contributed by atoms with van der Waals surface area (Å²) in [6.07, 6.45) is 9.83. The van der Waals surface area contributed by atoms with Gasteiger partial charge in [-0.15, -0.1) is 0 Å². The third kappa shape index (κ3) is 2.48. The molecule has 1 fully saturated rings. The highest BCUT2D eigenvalue weighted by Gasteiger charge is 2.32. The second-order valence-electron chi connectivity index (χ2n) is 4.19. The second-order valence-corrected chi connectivity index (χ2v) is 5.11. The van der Waals surface area contributed by atoms with E-state index in [-0.39, 0.29) is 5.54 Å². The minimum atomic E-state index is 0.244. The van der Waals surface area contributed by atoms with Gasteiger partial charge in [-0.05, 0) is 35.2 Å². The van der Waals surface area contributed by atoms with Crippen LogP contribution in [-0.4, -0.2) is 15.5 Å². The highest BCUT2D eigenvalue weighted by Crippen LogP contribution is 2.34. The average Bonchev–Trinajstić information content (AvgIpc) is 2.71. The Morgan fingerprint density at radius 3 is 2.47 bits per heavy atom. The number of nitrogens with zero attached hydrogens (tertiary/aromatic N) is 2. The first-order valence-electron chi connectivity index (χ1n) is 5.50. The third-order valence-corrected chi connectivity index (χ3v) is 3.64. The minimum absolute atomic E-state index is 0.244. The molecule has 1 heterocycles. The van der Waals surface area contributed by atoms with Gasteiger partial charge in [0.15, 0.2) is 0 Å². The zero-order chi connectivity index (χ0) is 10.7. The Hall–Kier alpha value is -0.640. The smallest absolute Gasteiger partial charge is 0.223 e. The quantitative estimate of drug-likeness (QED) is 0.915. The third-order valence-electron chi connectivity index (χ3n) is 3.23. The van der Waals surface area contributed by atoms with Gasteiger partial charge in [0, 0.05) is 17.9 Å². The summed E-state index contributed by atoms with van der Waals surface area (Å²) < 4.78 is 0.921. The van der Waals surface area contributed by atoms with Crippen LogP contribution in [0.1, 0.15) is 39.0 Å². The Kier molecular flexibility index (Phi) is 3.24. The highest BCUT2D eigenvalue weighted by molar-refractivity contribution is 9.10. The molecule has 15 heavy (non-hydrogen) atoms. The molecule has 0 aliphatic heterocycles. The molecular formula is C11H16BrN3. The molecular weight excluding hydrogens is 254 g/mol. The predicted molar refractivity (Wildman–Crippen MR) is 64.8 cm³/mol. The van der Waals surface area contributed by atoms with Crippen molar-refractivity contribution >= 4 is 21.9 Å². The van der Waals surface area contributed by atoms with Crippen molar-refractivity contribution in [1.82, 2.24) is 9.97 Å². The van der Waals surface area contributed by atoms with Gasteiger partial charge in [-0.1, -0.05) is 19.8 Å². The van der Waals surface area contributed by atoms with E-state index in [2.05, 4.69) is 38.1 Å². The summed E-state index contributed by atoms with van der Waals surface area (Å²) in [7, 11) is 0. The van der Waals surface area contributed by atoms with Gasteiger partial charge in [-0.25, -0.2) is 9.97 Å². The summed E-state index contributed by atoms with van der Waals surface area (Å²) in [4.78, 5) is 8.53.